The lowest BCUT2D eigenvalue weighted by Crippen LogP contribution is -2.14. The maximum absolute atomic E-state index is 6.02. The molecule has 0 saturated carbocycles. The fourth-order valence-corrected chi connectivity index (χ4v) is 1.87. The fourth-order valence-electron chi connectivity index (χ4n) is 1.69. The Kier molecular flexibility index (Phi) is 4.39. The number of hydrogen-bond donors (Lipinski definition) is 1. The predicted octanol–water partition coefficient (Wildman–Crippen LogP) is 2.89. The van der Waals surface area contributed by atoms with Crippen molar-refractivity contribution in [1.29, 1.82) is 0 Å². The van der Waals surface area contributed by atoms with Gasteiger partial charge in [-0.05, 0) is 32.2 Å². The third kappa shape index (κ3) is 3.45. The van der Waals surface area contributed by atoms with Gasteiger partial charge >= 0.3 is 0 Å². The number of benzene rings is 1. The summed E-state index contributed by atoms with van der Waals surface area (Å²) in [5.41, 5.74) is 0.996. The molecule has 0 aliphatic carbocycles. The lowest BCUT2D eigenvalue weighted by atomic mass is 10.1. The van der Waals surface area contributed by atoms with Crippen LogP contribution in [0.4, 0.5) is 0 Å². The van der Waals surface area contributed by atoms with Gasteiger partial charge in [0.05, 0.1) is 0 Å². The van der Waals surface area contributed by atoms with Gasteiger partial charge in [-0.1, -0.05) is 16.8 Å². The zero-order chi connectivity index (χ0) is 13.8. The first-order chi connectivity index (χ1) is 9.10. The van der Waals surface area contributed by atoms with E-state index in [0.717, 1.165) is 11.3 Å². The van der Waals surface area contributed by atoms with Crippen LogP contribution in [-0.2, 0) is 6.61 Å². The largest absolute Gasteiger partial charge is 0.485 e. The number of aromatic nitrogens is 2. The van der Waals surface area contributed by atoms with Crippen molar-refractivity contribution >= 4 is 11.6 Å². The van der Waals surface area contributed by atoms with Crippen LogP contribution in [0.2, 0.25) is 5.02 Å². The number of hydrogen-bond acceptors (Lipinski definition) is 5. The van der Waals surface area contributed by atoms with E-state index in [9.17, 15) is 0 Å². The molecule has 6 heteroatoms. The number of halogens is 1. The molecule has 1 heterocycles. The number of nitrogens with one attached hydrogen (secondary N) is 1. The van der Waals surface area contributed by atoms with Gasteiger partial charge in [0.2, 0.25) is 11.7 Å². The van der Waals surface area contributed by atoms with Crippen molar-refractivity contribution in [2.45, 2.75) is 26.5 Å². The molecule has 102 valence electrons. The van der Waals surface area contributed by atoms with Crippen LogP contribution < -0.4 is 10.1 Å². The molecule has 1 atom stereocenters. The van der Waals surface area contributed by atoms with Crippen LogP contribution >= 0.6 is 11.6 Å². The van der Waals surface area contributed by atoms with Crippen LogP contribution in [0, 0.1) is 6.92 Å². The molecule has 0 aliphatic rings. The molecule has 1 N–H and O–H groups in total. The van der Waals surface area contributed by atoms with Crippen LogP contribution in [0.3, 0.4) is 0 Å². The Labute approximate surface area is 116 Å². The number of ether oxygens (including phenoxy) is 1. The molecule has 0 bridgehead atoms. The topological polar surface area (TPSA) is 60.2 Å². The first kappa shape index (κ1) is 13.8. The van der Waals surface area contributed by atoms with Gasteiger partial charge in [-0.2, -0.15) is 4.98 Å². The molecule has 1 unspecified atom stereocenters. The summed E-state index contributed by atoms with van der Waals surface area (Å²) >= 11 is 6.02. The summed E-state index contributed by atoms with van der Waals surface area (Å²) in [6.45, 7) is 4.05. The monoisotopic (exact) mass is 281 g/mol. The third-order valence-corrected chi connectivity index (χ3v) is 3.03. The minimum absolute atomic E-state index is 0.140. The van der Waals surface area contributed by atoms with Crippen molar-refractivity contribution in [3.63, 3.8) is 0 Å². The average Bonchev–Trinajstić information content (AvgIpc) is 2.82. The van der Waals surface area contributed by atoms with Crippen LogP contribution in [0.15, 0.2) is 22.7 Å². The quantitative estimate of drug-likeness (QED) is 0.913. The summed E-state index contributed by atoms with van der Waals surface area (Å²) in [5, 5.41) is 7.63. The molecule has 5 nitrogen and oxygen atoms in total. The molecule has 0 amide bonds. The number of nitrogens with zero attached hydrogens (tertiary/aromatic N) is 2. The zero-order valence-electron chi connectivity index (χ0n) is 11.1. The summed E-state index contributed by atoms with van der Waals surface area (Å²) < 4.78 is 10.6. The lowest BCUT2D eigenvalue weighted by molar-refractivity contribution is 0.281. The molecule has 0 spiro atoms. The van der Waals surface area contributed by atoms with E-state index in [1.54, 1.807) is 13.0 Å². The molecule has 1 aromatic carbocycles. The first-order valence-electron chi connectivity index (χ1n) is 5.99. The normalized spacial score (nSPS) is 12.4. The predicted molar refractivity (Wildman–Crippen MR) is 72.3 cm³/mol. The Morgan fingerprint density at radius 1 is 1.47 bits per heavy atom. The molecule has 0 aliphatic heterocycles. The zero-order valence-corrected chi connectivity index (χ0v) is 11.9. The lowest BCUT2D eigenvalue weighted by Gasteiger charge is -2.16. The Morgan fingerprint density at radius 3 is 2.89 bits per heavy atom. The van der Waals surface area contributed by atoms with Crippen molar-refractivity contribution < 1.29 is 9.26 Å². The van der Waals surface area contributed by atoms with E-state index in [4.69, 9.17) is 20.9 Å². The average molecular weight is 282 g/mol. The summed E-state index contributed by atoms with van der Waals surface area (Å²) in [6.07, 6.45) is 0. The van der Waals surface area contributed by atoms with Crippen LogP contribution in [0.1, 0.15) is 30.2 Å². The Bertz CT molecular complexity index is 557. The second kappa shape index (κ2) is 6.04. The van der Waals surface area contributed by atoms with E-state index in [-0.39, 0.29) is 12.6 Å². The molecular weight excluding hydrogens is 266 g/mol. The molecular formula is C13H16ClN3O2. The standard InChI is InChI=1S/C13H16ClN3O2/c1-8(15-3)11-6-10(14)4-5-12(11)18-7-13-16-9(2)19-17-13/h4-6,8,15H,7H2,1-3H3. The van der Waals surface area contributed by atoms with E-state index in [1.165, 1.54) is 0 Å². The van der Waals surface area contributed by atoms with Crippen molar-refractivity contribution in [1.82, 2.24) is 15.5 Å². The molecule has 2 aromatic rings. The number of aryl methyl sites for hydroxylation is 1. The van der Waals surface area contributed by atoms with Crippen LogP contribution in [0.5, 0.6) is 5.75 Å². The highest BCUT2D eigenvalue weighted by Crippen LogP contribution is 2.28. The van der Waals surface area contributed by atoms with Crippen molar-refractivity contribution in [2.24, 2.45) is 0 Å². The Hall–Kier alpha value is -1.59. The van der Waals surface area contributed by atoms with Gasteiger partial charge in [-0.25, -0.2) is 0 Å². The van der Waals surface area contributed by atoms with E-state index < -0.39 is 0 Å². The minimum atomic E-state index is 0.140. The van der Waals surface area contributed by atoms with Crippen molar-refractivity contribution in [3.8, 4) is 5.75 Å². The fraction of sp³-hybridized carbons (Fsp3) is 0.385. The highest BCUT2D eigenvalue weighted by atomic mass is 35.5. The Balaban J connectivity index is 2.15. The summed E-state index contributed by atoms with van der Waals surface area (Å²) in [5.74, 6) is 1.81. The summed E-state index contributed by atoms with van der Waals surface area (Å²) in [4.78, 5) is 4.09. The van der Waals surface area contributed by atoms with E-state index in [1.807, 2.05) is 26.1 Å². The highest BCUT2D eigenvalue weighted by Gasteiger charge is 2.12. The van der Waals surface area contributed by atoms with Crippen LogP contribution in [0.25, 0.3) is 0 Å². The third-order valence-electron chi connectivity index (χ3n) is 2.80. The smallest absolute Gasteiger partial charge is 0.223 e. The number of rotatable bonds is 5. The van der Waals surface area contributed by atoms with E-state index >= 15 is 0 Å². The van der Waals surface area contributed by atoms with Gasteiger partial charge in [0.25, 0.3) is 0 Å². The van der Waals surface area contributed by atoms with Crippen molar-refractivity contribution in [3.05, 3.63) is 40.5 Å². The summed E-state index contributed by atoms with van der Waals surface area (Å²) in [6, 6.07) is 5.67. The SMILES string of the molecule is CNC(C)c1cc(Cl)ccc1OCc1noc(C)n1. The second-order valence-corrected chi connectivity index (χ2v) is 4.65. The molecule has 0 radical (unpaired) electrons. The van der Waals surface area contributed by atoms with Gasteiger partial charge in [-0.3, -0.25) is 0 Å². The molecule has 0 saturated heterocycles. The molecule has 0 fully saturated rings. The van der Waals surface area contributed by atoms with E-state index in [0.29, 0.717) is 16.7 Å². The minimum Gasteiger partial charge on any atom is -0.485 e. The van der Waals surface area contributed by atoms with Gasteiger partial charge in [0, 0.05) is 23.6 Å². The Morgan fingerprint density at radius 2 is 2.26 bits per heavy atom. The molecule has 2 rings (SSSR count). The molecule has 1 aromatic heterocycles. The van der Waals surface area contributed by atoms with Gasteiger partial charge < -0.3 is 14.6 Å². The van der Waals surface area contributed by atoms with Gasteiger partial charge in [-0.15, -0.1) is 0 Å². The van der Waals surface area contributed by atoms with Crippen LogP contribution in [-0.4, -0.2) is 17.2 Å². The maximum atomic E-state index is 6.02. The summed E-state index contributed by atoms with van der Waals surface area (Å²) in [7, 11) is 1.89. The van der Waals surface area contributed by atoms with E-state index in [2.05, 4.69) is 15.5 Å². The maximum Gasteiger partial charge on any atom is 0.223 e. The highest BCUT2D eigenvalue weighted by molar-refractivity contribution is 6.30. The first-order valence-corrected chi connectivity index (χ1v) is 6.36. The second-order valence-electron chi connectivity index (χ2n) is 4.21. The molecule has 19 heavy (non-hydrogen) atoms. The van der Waals surface area contributed by atoms with Gasteiger partial charge in [0.1, 0.15) is 5.75 Å². The van der Waals surface area contributed by atoms with Gasteiger partial charge in [0.15, 0.2) is 6.61 Å². The van der Waals surface area contributed by atoms with Crippen molar-refractivity contribution in [2.75, 3.05) is 7.05 Å².